The number of carboxylic acids is 3. The van der Waals surface area contributed by atoms with Crippen LogP contribution < -0.4 is 15.3 Å². The van der Waals surface area contributed by atoms with Gasteiger partial charge in [0.1, 0.15) is 17.1 Å². The molecule has 3 atom stereocenters. The van der Waals surface area contributed by atoms with Crippen LogP contribution >= 0.6 is 0 Å². The van der Waals surface area contributed by atoms with Crippen LogP contribution in [0, 0.1) is 40.4 Å². The Morgan fingerprint density at radius 2 is 0.742 bits per heavy atom. The van der Waals surface area contributed by atoms with Crippen molar-refractivity contribution in [3.63, 3.8) is 0 Å². The summed E-state index contributed by atoms with van der Waals surface area (Å²) in [6.07, 6.45) is -7.73. The fourth-order valence-electron chi connectivity index (χ4n) is 1.64. The maximum Gasteiger partial charge on any atom is 3.00 e. The van der Waals surface area contributed by atoms with E-state index in [0.29, 0.717) is 0 Å². The molecule has 0 aromatic heterocycles. The van der Waals surface area contributed by atoms with E-state index in [4.69, 9.17) is 0 Å². The van der Waals surface area contributed by atoms with E-state index in [1.807, 2.05) is 0 Å². The van der Waals surface area contributed by atoms with Gasteiger partial charge >= 0.3 is 40.4 Å². The molecule has 0 N–H and O–H groups in total. The van der Waals surface area contributed by atoms with Gasteiger partial charge in [0.25, 0.3) is 18.9 Å². The van der Waals surface area contributed by atoms with E-state index in [9.17, 15) is 69.5 Å². The van der Waals surface area contributed by atoms with Gasteiger partial charge in [-0.05, 0) is 0 Å². The SMILES string of the molecule is O=C([O-])C1=C(F)C(F)N1F.O=C([O-])C1=C(F)C(F)N1F.O=C([O-])C1=C(F)C(F)N1F.[Sm+3]. The molecule has 3 unspecified atom stereocenters. The third-order valence-corrected chi connectivity index (χ3v) is 3.12. The van der Waals surface area contributed by atoms with Crippen LogP contribution in [-0.4, -0.2) is 52.2 Å². The van der Waals surface area contributed by atoms with Gasteiger partial charge < -0.3 is 29.7 Å². The van der Waals surface area contributed by atoms with Crippen molar-refractivity contribution in [2.24, 2.45) is 0 Å². The second kappa shape index (κ2) is 10.9. The molecular formula is C12H3F9N3O6Sm. The van der Waals surface area contributed by atoms with Gasteiger partial charge in [-0.15, -0.1) is 0 Å². The van der Waals surface area contributed by atoms with Gasteiger partial charge in [0.2, 0.25) is 0 Å². The molecule has 0 bridgehead atoms. The molecule has 0 aromatic carbocycles. The summed E-state index contributed by atoms with van der Waals surface area (Å²) in [6, 6.07) is 0. The molecule has 9 nitrogen and oxygen atoms in total. The van der Waals surface area contributed by atoms with Gasteiger partial charge in [-0.1, -0.05) is 13.4 Å². The number of nitrogens with zero attached hydrogens (tertiary/aromatic N) is 3. The largest absolute Gasteiger partial charge is 3.00 e. The molecular weight excluding hydrogens is 603 g/mol. The van der Waals surface area contributed by atoms with Crippen molar-refractivity contribution in [1.82, 2.24) is 15.4 Å². The number of carboxylic acid groups (broad SMARTS) is 3. The molecule has 0 fully saturated rings. The average molecular weight is 607 g/mol. The van der Waals surface area contributed by atoms with Crippen LogP contribution in [0.15, 0.2) is 34.6 Å². The molecule has 3 rings (SSSR count). The predicted molar refractivity (Wildman–Crippen MR) is 63.0 cm³/mol. The Kier molecular flexibility index (Phi) is 10.1. The number of hydrogen-bond acceptors (Lipinski definition) is 9. The van der Waals surface area contributed by atoms with Crippen LogP contribution in [0.5, 0.6) is 0 Å². The fourth-order valence-corrected chi connectivity index (χ4v) is 1.64. The summed E-state index contributed by atoms with van der Waals surface area (Å²) in [4.78, 5) is 29.1. The number of carbonyl (C=O) groups excluding carboxylic acids is 3. The quantitative estimate of drug-likeness (QED) is 0.208. The van der Waals surface area contributed by atoms with E-state index >= 15 is 0 Å². The molecule has 3 heterocycles. The molecule has 0 aliphatic carbocycles. The Labute approximate surface area is 196 Å². The third kappa shape index (κ3) is 5.51. The summed E-state index contributed by atoms with van der Waals surface area (Å²) in [5.74, 6) is -11.1. The second-order valence-electron chi connectivity index (χ2n) is 4.89. The third-order valence-electron chi connectivity index (χ3n) is 3.12. The van der Waals surface area contributed by atoms with E-state index in [-0.39, 0.29) is 40.4 Å². The van der Waals surface area contributed by atoms with Crippen LogP contribution in [0.3, 0.4) is 0 Å². The van der Waals surface area contributed by atoms with E-state index in [0.717, 1.165) is 0 Å². The Morgan fingerprint density at radius 3 is 0.806 bits per heavy atom. The van der Waals surface area contributed by atoms with Crippen LogP contribution in [0.2, 0.25) is 0 Å². The Bertz CT molecular complexity index is 759. The van der Waals surface area contributed by atoms with E-state index in [1.54, 1.807) is 0 Å². The molecule has 0 amide bonds. The monoisotopic (exact) mass is 608 g/mol. The molecule has 1 radical (unpaired) electrons. The summed E-state index contributed by atoms with van der Waals surface area (Å²) in [6.45, 7) is 0. The van der Waals surface area contributed by atoms with E-state index in [2.05, 4.69) is 0 Å². The van der Waals surface area contributed by atoms with Crippen LogP contribution in [0.4, 0.5) is 39.8 Å². The fraction of sp³-hybridized carbons (Fsp3) is 0.250. The molecule has 171 valence electrons. The van der Waals surface area contributed by atoms with Crippen LogP contribution in [0.1, 0.15) is 0 Å². The summed E-state index contributed by atoms with van der Waals surface area (Å²) >= 11 is 0. The van der Waals surface area contributed by atoms with E-state index in [1.165, 1.54) is 0 Å². The van der Waals surface area contributed by atoms with Crippen LogP contribution in [0.25, 0.3) is 0 Å². The van der Waals surface area contributed by atoms with Gasteiger partial charge in [0.05, 0.1) is 17.9 Å². The summed E-state index contributed by atoms with van der Waals surface area (Å²) in [5.41, 5.74) is -4.10. The molecule has 31 heavy (non-hydrogen) atoms. The first-order chi connectivity index (χ1) is 13.7. The minimum absolute atomic E-state index is 0. The standard InChI is InChI=1S/3C4H2F3NO2.Sm/c3*5-1-2(4(9)10)8(7)3(1)6;/h3*3H,(H,9,10);/q;;;+3/p-3. The minimum atomic E-state index is -2.58. The summed E-state index contributed by atoms with van der Waals surface area (Å²) < 4.78 is 106. The number of carbonyl (C=O) groups is 3. The van der Waals surface area contributed by atoms with Crippen molar-refractivity contribution in [3.8, 4) is 0 Å². The normalized spacial score (nSPS) is 23.9. The maximum atomic E-state index is 11.9. The van der Waals surface area contributed by atoms with Gasteiger partial charge in [0.15, 0.2) is 17.5 Å². The molecule has 3 aliphatic heterocycles. The zero-order valence-corrected chi connectivity index (χ0v) is 16.5. The molecule has 0 aromatic rings. The predicted octanol–water partition coefficient (Wildman–Crippen LogP) is -1.76. The topological polar surface area (TPSA) is 130 Å². The first-order valence-electron chi connectivity index (χ1n) is 6.76. The summed E-state index contributed by atoms with van der Waals surface area (Å²) in [7, 11) is 0. The van der Waals surface area contributed by atoms with Gasteiger partial charge in [-0.3, -0.25) is 0 Å². The van der Waals surface area contributed by atoms with Crippen molar-refractivity contribution in [3.05, 3.63) is 34.6 Å². The Morgan fingerprint density at radius 1 is 0.581 bits per heavy atom. The second-order valence-corrected chi connectivity index (χ2v) is 4.89. The first kappa shape index (κ1) is 28.7. The van der Waals surface area contributed by atoms with Gasteiger partial charge in [-0.25, -0.2) is 26.3 Å². The molecule has 0 saturated heterocycles. The van der Waals surface area contributed by atoms with Crippen molar-refractivity contribution >= 4 is 17.9 Å². The Hall–Kier alpha value is -2.26. The van der Waals surface area contributed by atoms with Crippen molar-refractivity contribution < 1.29 is 110 Å². The number of aliphatic carboxylic acids is 3. The maximum absolute atomic E-state index is 11.9. The zero-order valence-electron chi connectivity index (χ0n) is 13.8. The molecule has 3 aliphatic rings. The van der Waals surface area contributed by atoms with Gasteiger partial charge in [-0.2, -0.15) is 15.4 Å². The van der Waals surface area contributed by atoms with Crippen LogP contribution in [-0.2, 0) is 14.4 Å². The number of rotatable bonds is 3. The van der Waals surface area contributed by atoms with E-state index < -0.39 is 86.7 Å². The van der Waals surface area contributed by atoms with Gasteiger partial charge in [0, 0.05) is 0 Å². The number of halogens is 9. The molecule has 0 spiro atoms. The average Bonchev–Trinajstić information content (AvgIpc) is 2.67. The van der Waals surface area contributed by atoms with Crippen molar-refractivity contribution in [2.75, 3.05) is 0 Å². The molecule has 19 heteroatoms. The Balaban J connectivity index is 0.000000429. The number of alkyl halides is 3. The first-order valence-corrected chi connectivity index (χ1v) is 6.76. The van der Waals surface area contributed by atoms with Crippen molar-refractivity contribution in [2.45, 2.75) is 18.9 Å². The minimum Gasteiger partial charge on any atom is -0.543 e. The number of hydrogen-bond donors (Lipinski definition) is 0. The smallest absolute Gasteiger partial charge is 0.543 e. The summed E-state index contributed by atoms with van der Waals surface area (Å²) in [5, 5.41) is 26.5. The van der Waals surface area contributed by atoms with Crippen molar-refractivity contribution in [1.29, 1.82) is 0 Å². The zero-order chi connectivity index (χ0) is 23.7. The molecule has 0 saturated carbocycles.